The molecule has 0 aromatic heterocycles. The second-order valence-corrected chi connectivity index (χ2v) is 15.4. The van der Waals surface area contributed by atoms with Crippen LogP contribution in [-0.2, 0) is 19.1 Å². The lowest BCUT2D eigenvalue weighted by Crippen LogP contribution is -2.60. The van der Waals surface area contributed by atoms with Gasteiger partial charge in [-0.1, -0.05) is 59.1 Å². The number of esters is 1. The average molecular weight is 554 g/mol. The number of ether oxygens (including phenoxy) is 2. The minimum Gasteiger partial charge on any atom is -0.462 e. The van der Waals surface area contributed by atoms with Crippen molar-refractivity contribution in [3.05, 3.63) is 11.6 Å². The van der Waals surface area contributed by atoms with E-state index in [0.717, 1.165) is 70.3 Å². The van der Waals surface area contributed by atoms with E-state index in [4.69, 9.17) is 9.47 Å². The molecule has 0 aromatic rings. The number of fused-ring (bicyclic) bond motifs is 7. The maximum absolute atomic E-state index is 12.8. The first kappa shape index (κ1) is 28.7. The number of piperidine rings is 1. The van der Waals surface area contributed by atoms with Crippen molar-refractivity contribution in [2.45, 2.75) is 143 Å². The van der Waals surface area contributed by atoms with Crippen molar-refractivity contribution in [2.24, 2.45) is 46.3 Å². The van der Waals surface area contributed by atoms with Crippen molar-refractivity contribution in [1.29, 1.82) is 0 Å². The van der Waals surface area contributed by atoms with Gasteiger partial charge in [-0.15, -0.1) is 0 Å². The minimum atomic E-state index is -0.392. The standard InChI is InChI=1S/C35H55NO4/c1-7-8-9-10-31(38)39-26-14-16-33(5)25(19-26)11-12-27-28(33)15-17-34(6)29(27)20-30-32(34)23(3)35(40-30)18-13-22(2)21-36(35)24(4)37/h11,22-23,26-30,32H,7-10,12-21H2,1-6H3/t22-,23-,26+,27+,28-,29-,30-,32-,33-,34-,35-/m0/s1. The summed E-state index contributed by atoms with van der Waals surface area (Å²) in [4.78, 5) is 27.4. The van der Waals surface area contributed by atoms with Gasteiger partial charge in [0.1, 0.15) is 11.8 Å². The summed E-state index contributed by atoms with van der Waals surface area (Å²) in [5.41, 5.74) is 1.71. The lowest BCUT2D eigenvalue weighted by molar-refractivity contribution is -0.200. The Labute approximate surface area is 243 Å². The Morgan fingerprint density at radius 3 is 2.62 bits per heavy atom. The second-order valence-electron chi connectivity index (χ2n) is 15.4. The third-order valence-corrected chi connectivity index (χ3v) is 13.4. The van der Waals surface area contributed by atoms with Crippen LogP contribution in [0.1, 0.15) is 125 Å². The molecule has 0 radical (unpaired) electrons. The highest BCUT2D eigenvalue weighted by Crippen LogP contribution is 2.70. The third kappa shape index (κ3) is 4.33. The molecule has 5 fully saturated rings. The first-order chi connectivity index (χ1) is 19.0. The molecule has 0 unspecified atom stereocenters. The maximum atomic E-state index is 12.8. The molecule has 2 heterocycles. The first-order valence-electron chi connectivity index (χ1n) is 16.9. The van der Waals surface area contributed by atoms with Gasteiger partial charge in [-0.05, 0) is 98.2 Å². The molecule has 3 saturated carbocycles. The van der Waals surface area contributed by atoms with Gasteiger partial charge in [0.05, 0.1) is 6.10 Å². The normalized spacial score (nSPS) is 47.6. The zero-order chi connectivity index (χ0) is 28.4. The number of rotatable bonds is 5. The quantitative estimate of drug-likeness (QED) is 0.199. The van der Waals surface area contributed by atoms with E-state index < -0.39 is 5.72 Å². The van der Waals surface area contributed by atoms with Crippen LogP contribution < -0.4 is 0 Å². The van der Waals surface area contributed by atoms with Gasteiger partial charge in [-0.2, -0.15) is 0 Å². The van der Waals surface area contributed by atoms with Crippen molar-refractivity contribution < 1.29 is 19.1 Å². The average Bonchev–Trinajstić information content (AvgIpc) is 3.36. The topological polar surface area (TPSA) is 55.8 Å². The van der Waals surface area contributed by atoms with Gasteiger partial charge in [0.2, 0.25) is 5.91 Å². The Balaban J connectivity index is 1.18. The van der Waals surface area contributed by atoms with Gasteiger partial charge in [-0.3, -0.25) is 9.59 Å². The van der Waals surface area contributed by atoms with Crippen molar-refractivity contribution in [1.82, 2.24) is 4.90 Å². The maximum Gasteiger partial charge on any atom is 0.306 e. The lowest BCUT2D eigenvalue weighted by Gasteiger charge is -2.59. The van der Waals surface area contributed by atoms with Crippen LogP contribution in [0.25, 0.3) is 0 Å². The highest BCUT2D eigenvalue weighted by Gasteiger charge is 2.69. The summed E-state index contributed by atoms with van der Waals surface area (Å²) in [5.74, 6) is 3.79. The van der Waals surface area contributed by atoms with Crippen LogP contribution in [0.5, 0.6) is 0 Å². The van der Waals surface area contributed by atoms with Crippen molar-refractivity contribution in [3.8, 4) is 0 Å². The second kappa shape index (κ2) is 10.4. The van der Waals surface area contributed by atoms with Crippen LogP contribution in [-0.4, -0.2) is 41.3 Å². The fourth-order valence-corrected chi connectivity index (χ4v) is 11.3. The third-order valence-electron chi connectivity index (χ3n) is 13.4. The molecule has 4 aliphatic carbocycles. The van der Waals surface area contributed by atoms with Crippen LogP contribution in [0.2, 0.25) is 0 Å². The number of likely N-dealkylation sites (tertiary alicyclic amines) is 1. The summed E-state index contributed by atoms with van der Waals surface area (Å²) in [6.07, 6.45) is 16.8. The van der Waals surface area contributed by atoms with Gasteiger partial charge in [-0.25, -0.2) is 0 Å². The molecule has 1 amide bonds. The molecule has 224 valence electrons. The summed E-state index contributed by atoms with van der Waals surface area (Å²) in [5, 5.41) is 0. The van der Waals surface area contributed by atoms with E-state index >= 15 is 0 Å². The van der Waals surface area contributed by atoms with Crippen molar-refractivity contribution >= 4 is 11.9 Å². The predicted octanol–water partition coefficient (Wildman–Crippen LogP) is 7.68. The van der Waals surface area contributed by atoms with E-state index in [-0.39, 0.29) is 34.9 Å². The summed E-state index contributed by atoms with van der Waals surface area (Å²) >= 11 is 0. The number of hydrogen-bond donors (Lipinski definition) is 0. The molecule has 6 rings (SSSR count). The SMILES string of the molecule is CCCCCC(=O)O[C@@H]1CC[C@@]2(C)C(=CC[C@H]3[C@@H]4C[C@@H]5O[C@@]6(CC[C@H](C)CN6C(C)=O)[C@@H](C)[C@@H]5[C@@]4(C)CC[C@@H]32)C1. The fourth-order valence-electron chi connectivity index (χ4n) is 11.3. The molecule has 0 N–H and O–H groups in total. The molecule has 2 saturated heterocycles. The number of allylic oxidation sites excluding steroid dienone is 1. The number of unbranched alkanes of at least 4 members (excludes halogenated alkanes) is 2. The molecule has 1 spiro atoms. The van der Waals surface area contributed by atoms with E-state index in [1.165, 1.54) is 19.3 Å². The smallest absolute Gasteiger partial charge is 0.306 e. The molecule has 6 aliphatic rings. The van der Waals surface area contributed by atoms with Gasteiger partial charge in [0, 0.05) is 32.2 Å². The number of carbonyl (C=O) groups excluding carboxylic acids is 2. The van der Waals surface area contributed by atoms with Crippen molar-refractivity contribution in [3.63, 3.8) is 0 Å². The van der Waals surface area contributed by atoms with Crippen LogP contribution in [0.3, 0.4) is 0 Å². The number of hydrogen-bond acceptors (Lipinski definition) is 4. The Morgan fingerprint density at radius 2 is 1.88 bits per heavy atom. The zero-order valence-corrected chi connectivity index (χ0v) is 26.2. The van der Waals surface area contributed by atoms with Gasteiger partial charge < -0.3 is 14.4 Å². The highest BCUT2D eigenvalue weighted by molar-refractivity contribution is 5.74. The molecule has 5 nitrogen and oxygen atoms in total. The largest absolute Gasteiger partial charge is 0.462 e. The number of amides is 1. The molecule has 2 aliphatic heterocycles. The van der Waals surface area contributed by atoms with Gasteiger partial charge >= 0.3 is 5.97 Å². The first-order valence-corrected chi connectivity index (χ1v) is 16.9. The van der Waals surface area contributed by atoms with Crippen LogP contribution >= 0.6 is 0 Å². The van der Waals surface area contributed by atoms with E-state index in [2.05, 4.69) is 45.6 Å². The van der Waals surface area contributed by atoms with E-state index in [9.17, 15) is 9.59 Å². The molecule has 0 aromatic carbocycles. The van der Waals surface area contributed by atoms with Crippen molar-refractivity contribution in [2.75, 3.05) is 6.54 Å². The summed E-state index contributed by atoms with van der Waals surface area (Å²) in [6, 6.07) is 0. The predicted molar refractivity (Wildman–Crippen MR) is 157 cm³/mol. The van der Waals surface area contributed by atoms with Crippen LogP contribution in [0.4, 0.5) is 0 Å². The van der Waals surface area contributed by atoms with Crippen LogP contribution in [0, 0.1) is 46.3 Å². The molecule has 40 heavy (non-hydrogen) atoms. The minimum absolute atomic E-state index is 0.00456. The Hall–Kier alpha value is -1.36. The Bertz CT molecular complexity index is 1040. The summed E-state index contributed by atoms with van der Waals surface area (Å²) < 4.78 is 13.1. The summed E-state index contributed by atoms with van der Waals surface area (Å²) in [6.45, 7) is 14.6. The van der Waals surface area contributed by atoms with Gasteiger partial charge in [0.15, 0.2) is 0 Å². The Morgan fingerprint density at radius 1 is 1.07 bits per heavy atom. The summed E-state index contributed by atoms with van der Waals surface area (Å²) in [7, 11) is 0. The van der Waals surface area contributed by atoms with E-state index in [1.807, 2.05) is 0 Å². The molecule has 0 bridgehead atoms. The number of nitrogens with zero attached hydrogens (tertiary/aromatic N) is 1. The number of carbonyl (C=O) groups is 2. The molecule has 5 heteroatoms. The Kier molecular flexibility index (Phi) is 7.49. The molecular weight excluding hydrogens is 498 g/mol. The monoisotopic (exact) mass is 553 g/mol. The molecule has 11 atom stereocenters. The lowest BCUT2D eigenvalue weighted by atomic mass is 9.46. The van der Waals surface area contributed by atoms with Gasteiger partial charge in [0.25, 0.3) is 0 Å². The van der Waals surface area contributed by atoms with E-state index in [1.54, 1.807) is 12.5 Å². The van der Waals surface area contributed by atoms with Crippen LogP contribution in [0.15, 0.2) is 11.6 Å². The molecular formula is C35H55NO4. The van der Waals surface area contributed by atoms with E-state index in [0.29, 0.717) is 36.0 Å². The highest BCUT2D eigenvalue weighted by atomic mass is 16.5. The fraction of sp³-hybridized carbons (Fsp3) is 0.886. The zero-order valence-electron chi connectivity index (χ0n) is 26.2.